The Labute approximate surface area is 96.9 Å². The van der Waals surface area contributed by atoms with E-state index in [0.29, 0.717) is 6.54 Å². The summed E-state index contributed by atoms with van der Waals surface area (Å²) in [6.07, 6.45) is 4.31. The zero-order valence-corrected chi connectivity index (χ0v) is 10.3. The lowest BCUT2D eigenvalue weighted by atomic mass is 10.1. The quantitative estimate of drug-likeness (QED) is 0.723. The Morgan fingerprint density at radius 3 is 2.75 bits per heavy atom. The molecule has 0 radical (unpaired) electrons. The molecule has 1 heterocycles. The second-order valence-electron chi connectivity index (χ2n) is 4.32. The van der Waals surface area contributed by atoms with Crippen LogP contribution in [-0.4, -0.2) is 46.0 Å². The Morgan fingerprint density at radius 1 is 1.62 bits per heavy atom. The highest BCUT2D eigenvalue weighted by molar-refractivity contribution is 5.10. The average molecular weight is 226 g/mol. The van der Waals surface area contributed by atoms with Gasteiger partial charge in [0.15, 0.2) is 0 Å². The molecule has 0 bridgehead atoms. The maximum Gasteiger partial charge on any atom is 0.0538 e. The van der Waals surface area contributed by atoms with Gasteiger partial charge in [0, 0.05) is 37.9 Å². The first-order chi connectivity index (χ1) is 7.54. The van der Waals surface area contributed by atoms with Gasteiger partial charge in [0.1, 0.15) is 0 Å². The van der Waals surface area contributed by atoms with Gasteiger partial charge in [-0.1, -0.05) is 0 Å². The largest absolute Gasteiger partial charge is 0.393 e. The topological polar surface area (TPSA) is 67.3 Å². The lowest BCUT2D eigenvalue weighted by Gasteiger charge is -2.26. The van der Waals surface area contributed by atoms with E-state index in [9.17, 15) is 5.11 Å². The van der Waals surface area contributed by atoms with Gasteiger partial charge in [-0.15, -0.1) is 0 Å². The molecule has 1 aromatic heterocycles. The van der Waals surface area contributed by atoms with Gasteiger partial charge in [0.2, 0.25) is 0 Å². The second kappa shape index (κ2) is 5.98. The highest BCUT2D eigenvalue weighted by Crippen LogP contribution is 2.17. The van der Waals surface area contributed by atoms with E-state index < -0.39 is 0 Å². The normalized spacial score (nSPS) is 15.4. The molecular formula is C11H22N4O. The summed E-state index contributed by atoms with van der Waals surface area (Å²) in [4.78, 5) is 2.16. The fourth-order valence-corrected chi connectivity index (χ4v) is 1.73. The van der Waals surface area contributed by atoms with Gasteiger partial charge in [0.25, 0.3) is 0 Å². The molecule has 0 aliphatic rings. The monoisotopic (exact) mass is 226 g/mol. The molecule has 0 aliphatic carbocycles. The molecule has 0 saturated heterocycles. The van der Waals surface area contributed by atoms with Gasteiger partial charge in [-0.3, -0.25) is 9.58 Å². The lowest BCUT2D eigenvalue weighted by molar-refractivity contribution is 0.150. The Morgan fingerprint density at radius 2 is 2.31 bits per heavy atom. The van der Waals surface area contributed by atoms with Crippen LogP contribution < -0.4 is 5.73 Å². The molecule has 2 unspecified atom stereocenters. The lowest BCUT2D eigenvalue weighted by Crippen LogP contribution is -2.32. The third-order valence-electron chi connectivity index (χ3n) is 2.76. The molecule has 5 nitrogen and oxygen atoms in total. The number of aliphatic hydroxyl groups is 1. The summed E-state index contributed by atoms with van der Waals surface area (Å²) in [7, 11) is 3.92. The van der Waals surface area contributed by atoms with Crippen LogP contribution in [0, 0.1) is 0 Å². The summed E-state index contributed by atoms with van der Waals surface area (Å²) in [5.74, 6) is 0. The molecule has 1 rings (SSSR count). The molecule has 16 heavy (non-hydrogen) atoms. The second-order valence-corrected chi connectivity index (χ2v) is 4.32. The summed E-state index contributed by atoms with van der Waals surface area (Å²) in [5, 5.41) is 13.4. The minimum absolute atomic E-state index is 0.174. The summed E-state index contributed by atoms with van der Waals surface area (Å²) < 4.78 is 1.78. The summed E-state index contributed by atoms with van der Waals surface area (Å²) in [6.45, 7) is 3.19. The van der Waals surface area contributed by atoms with E-state index in [-0.39, 0.29) is 12.1 Å². The van der Waals surface area contributed by atoms with Crippen molar-refractivity contribution in [3.05, 3.63) is 18.0 Å². The maximum atomic E-state index is 9.26. The van der Waals surface area contributed by atoms with E-state index in [1.807, 2.05) is 26.5 Å². The molecule has 0 saturated carbocycles. The first kappa shape index (κ1) is 13.2. The van der Waals surface area contributed by atoms with E-state index in [1.165, 1.54) is 0 Å². The van der Waals surface area contributed by atoms with Crippen molar-refractivity contribution in [2.75, 3.05) is 20.1 Å². The number of aryl methyl sites for hydroxylation is 1. The molecule has 0 fully saturated rings. The number of aliphatic hydroxyl groups excluding tert-OH is 1. The Kier molecular flexibility index (Phi) is 4.92. The number of aromatic nitrogens is 2. The van der Waals surface area contributed by atoms with Crippen LogP contribution in [0.1, 0.15) is 24.9 Å². The zero-order chi connectivity index (χ0) is 12.1. The number of rotatable bonds is 6. The maximum absolute atomic E-state index is 9.26. The average Bonchev–Trinajstić information content (AvgIpc) is 2.63. The first-order valence-corrected chi connectivity index (χ1v) is 5.61. The number of nitrogens with two attached hydrogens (primary N) is 1. The van der Waals surface area contributed by atoms with E-state index in [2.05, 4.69) is 10.00 Å². The molecule has 0 aliphatic heterocycles. The third-order valence-corrected chi connectivity index (χ3v) is 2.76. The van der Waals surface area contributed by atoms with Crippen LogP contribution >= 0.6 is 0 Å². The van der Waals surface area contributed by atoms with Gasteiger partial charge >= 0.3 is 0 Å². The van der Waals surface area contributed by atoms with Crippen molar-refractivity contribution in [2.24, 2.45) is 12.8 Å². The molecule has 0 aromatic carbocycles. The molecule has 2 atom stereocenters. The van der Waals surface area contributed by atoms with Crippen molar-refractivity contribution in [1.82, 2.24) is 14.7 Å². The molecule has 1 aromatic rings. The smallest absolute Gasteiger partial charge is 0.0538 e. The van der Waals surface area contributed by atoms with Crippen molar-refractivity contribution in [2.45, 2.75) is 25.5 Å². The Hall–Kier alpha value is -0.910. The minimum atomic E-state index is -0.269. The van der Waals surface area contributed by atoms with Crippen molar-refractivity contribution in [1.29, 1.82) is 0 Å². The standard InChI is InChI=1S/C11H22N4O/c1-9(16)4-5-14(2)11(6-12)10-7-13-15(3)8-10/h7-9,11,16H,4-6,12H2,1-3H3. The van der Waals surface area contributed by atoms with Crippen LogP contribution in [0.4, 0.5) is 0 Å². The van der Waals surface area contributed by atoms with Gasteiger partial charge in [-0.25, -0.2) is 0 Å². The van der Waals surface area contributed by atoms with Gasteiger partial charge in [-0.05, 0) is 20.4 Å². The molecule has 3 N–H and O–H groups in total. The van der Waals surface area contributed by atoms with Crippen LogP contribution in [-0.2, 0) is 7.05 Å². The first-order valence-electron chi connectivity index (χ1n) is 5.61. The van der Waals surface area contributed by atoms with Crippen LogP contribution in [0.3, 0.4) is 0 Å². The zero-order valence-electron chi connectivity index (χ0n) is 10.3. The van der Waals surface area contributed by atoms with Crippen molar-refractivity contribution < 1.29 is 5.11 Å². The van der Waals surface area contributed by atoms with Gasteiger partial charge in [-0.2, -0.15) is 5.10 Å². The predicted octanol–water partition coefficient (Wildman–Crippen LogP) is 0.123. The Balaban J connectivity index is 2.59. The minimum Gasteiger partial charge on any atom is -0.393 e. The summed E-state index contributed by atoms with van der Waals surface area (Å²) >= 11 is 0. The third kappa shape index (κ3) is 3.59. The Bertz CT molecular complexity index is 311. The van der Waals surface area contributed by atoms with Crippen LogP contribution in [0.25, 0.3) is 0 Å². The number of hydrogen-bond acceptors (Lipinski definition) is 4. The number of nitrogens with zero attached hydrogens (tertiary/aromatic N) is 3. The van der Waals surface area contributed by atoms with E-state index in [0.717, 1.165) is 18.5 Å². The van der Waals surface area contributed by atoms with E-state index >= 15 is 0 Å². The van der Waals surface area contributed by atoms with Crippen molar-refractivity contribution in [3.63, 3.8) is 0 Å². The van der Waals surface area contributed by atoms with E-state index in [4.69, 9.17) is 5.73 Å². The molecule has 5 heteroatoms. The van der Waals surface area contributed by atoms with E-state index in [1.54, 1.807) is 11.6 Å². The van der Waals surface area contributed by atoms with Crippen molar-refractivity contribution in [3.8, 4) is 0 Å². The summed E-state index contributed by atoms with van der Waals surface area (Å²) in [6, 6.07) is 0.174. The van der Waals surface area contributed by atoms with Crippen molar-refractivity contribution >= 4 is 0 Å². The highest BCUT2D eigenvalue weighted by atomic mass is 16.3. The highest BCUT2D eigenvalue weighted by Gasteiger charge is 2.16. The SMILES string of the molecule is CC(O)CCN(C)C(CN)c1cnn(C)c1. The fraction of sp³-hybridized carbons (Fsp3) is 0.727. The van der Waals surface area contributed by atoms with Crippen LogP contribution in [0.5, 0.6) is 0 Å². The van der Waals surface area contributed by atoms with Crippen LogP contribution in [0.15, 0.2) is 12.4 Å². The summed E-state index contributed by atoms with van der Waals surface area (Å²) in [5.41, 5.74) is 6.90. The molecule has 0 amide bonds. The number of likely N-dealkylation sites (N-methyl/N-ethyl adjacent to an activating group) is 1. The van der Waals surface area contributed by atoms with Gasteiger partial charge in [0.05, 0.1) is 12.3 Å². The van der Waals surface area contributed by atoms with Gasteiger partial charge < -0.3 is 10.8 Å². The molecule has 0 spiro atoms. The predicted molar refractivity (Wildman–Crippen MR) is 63.9 cm³/mol. The number of hydrogen-bond donors (Lipinski definition) is 2. The molecular weight excluding hydrogens is 204 g/mol. The van der Waals surface area contributed by atoms with Crippen LogP contribution in [0.2, 0.25) is 0 Å². The fourth-order valence-electron chi connectivity index (χ4n) is 1.73. The molecule has 92 valence electrons.